The Hall–Kier alpha value is -0.320. The Bertz CT molecular complexity index is 547. The number of hydrogen-bond acceptors (Lipinski definition) is 8. The molecule has 1 spiro atoms. The first-order chi connectivity index (χ1) is 14.0. The van der Waals surface area contributed by atoms with E-state index in [1.807, 2.05) is 6.92 Å². The lowest BCUT2D eigenvalue weighted by atomic mass is 9.58. The Morgan fingerprint density at radius 1 is 0.931 bits per heavy atom. The summed E-state index contributed by atoms with van der Waals surface area (Å²) in [5, 5.41) is 8.68. The van der Waals surface area contributed by atoms with Gasteiger partial charge in [0, 0.05) is 18.3 Å². The lowest BCUT2D eigenvalue weighted by Crippen LogP contribution is -2.70. The normalized spacial score (nSPS) is 46.3. The summed E-state index contributed by atoms with van der Waals surface area (Å²) in [4.78, 5) is 12.0. The molecule has 5 rings (SSSR count). The summed E-state index contributed by atoms with van der Waals surface area (Å²) in [5.74, 6) is 0.587. The standard InChI is InChI=1S/C21H36O8/c1-14-4-5-17-15(2)18(25-13-12-24-11-10-23-9-8-22)26-19-21(17)16(14)6-7-20(3,27-19)28-29-21/h14-19,22H,4-13H2,1-3H3/t14-,15-,16+,17+,18+,19-,20-,21-/m1/s1. The Morgan fingerprint density at radius 3 is 2.48 bits per heavy atom. The number of aliphatic hydroxyl groups excluding tert-OH is 1. The molecule has 1 N–H and O–H groups in total. The second-order valence-electron chi connectivity index (χ2n) is 9.09. The first-order valence-corrected chi connectivity index (χ1v) is 11.1. The molecule has 168 valence electrons. The molecule has 1 aliphatic carbocycles. The zero-order valence-corrected chi connectivity index (χ0v) is 17.8. The minimum Gasteiger partial charge on any atom is -0.394 e. The van der Waals surface area contributed by atoms with Gasteiger partial charge in [-0.2, -0.15) is 0 Å². The highest BCUT2D eigenvalue weighted by Gasteiger charge is 2.69. The average molecular weight is 417 g/mol. The van der Waals surface area contributed by atoms with Crippen LogP contribution in [-0.4, -0.2) is 68.7 Å². The van der Waals surface area contributed by atoms with Gasteiger partial charge in [-0.05, 0) is 38.0 Å². The molecule has 29 heavy (non-hydrogen) atoms. The van der Waals surface area contributed by atoms with Gasteiger partial charge in [-0.3, -0.25) is 0 Å². The van der Waals surface area contributed by atoms with Crippen molar-refractivity contribution in [3.8, 4) is 0 Å². The molecule has 1 saturated carbocycles. The van der Waals surface area contributed by atoms with Crippen molar-refractivity contribution in [2.24, 2.45) is 23.7 Å². The zero-order chi connectivity index (χ0) is 20.5. The maximum absolute atomic E-state index is 8.68. The summed E-state index contributed by atoms with van der Waals surface area (Å²) in [5.41, 5.74) is -0.548. The highest BCUT2D eigenvalue weighted by molar-refractivity contribution is 5.09. The molecule has 8 heteroatoms. The third-order valence-corrected chi connectivity index (χ3v) is 7.21. The highest BCUT2D eigenvalue weighted by Crippen LogP contribution is 2.60. The van der Waals surface area contributed by atoms with Crippen LogP contribution in [0.3, 0.4) is 0 Å². The first-order valence-electron chi connectivity index (χ1n) is 11.1. The van der Waals surface area contributed by atoms with Gasteiger partial charge in [-0.1, -0.05) is 13.8 Å². The Labute approximate surface area is 173 Å². The van der Waals surface area contributed by atoms with Crippen molar-refractivity contribution in [1.29, 1.82) is 0 Å². The molecular weight excluding hydrogens is 380 g/mol. The van der Waals surface area contributed by atoms with E-state index in [1.54, 1.807) is 0 Å². The van der Waals surface area contributed by atoms with E-state index in [0.717, 1.165) is 19.3 Å². The lowest BCUT2D eigenvalue weighted by Gasteiger charge is -2.60. The molecule has 5 aliphatic rings. The summed E-state index contributed by atoms with van der Waals surface area (Å²) in [6.45, 7) is 8.63. The summed E-state index contributed by atoms with van der Waals surface area (Å²) >= 11 is 0. The third-order valence-electron chi connectivity index (χ3n) is 7.21. The predicted octanol–water partition coefficient (Wildman–Crippen LogP) is 2.24. The van der Waals surface area contributed by atoms with E-state index in [9.17, 15) is 0 Å². The number of aliphatic hydroxyl groups is 1. The van der Waals surface area contributed by atoms with Crippen molar-refractivity contribution in [1.82, 2.24) is 0 Å². The molecule has 0 aromatic rings. The van der Waals surface area contributed by atoms with Crippen LogP contribution in [0.1, 0.15) is 46.5 Å². The fourth-order valence-corrected chi connectivity index (χ4v) is 5.67. The van der Waals surface area contributed by atoms with E-state index in [-0.39, 0.29) is 24.7 Å². The minimum atomic E-state index is -0.764. The molecular formula is C21H36O8. The molecule has 8 nitrogen and oxygen atoms in total. The van der Waals surface area contributed by atoms with E-state index in [4.69, 9.17) is 38.6 Å². The molecule has 2 bridgehead atoms. The number of hydrogen-bond donors (Lipinski definition) is 1. The summed E-state index contributed by atoms with van der Waals surface area (Å²) in [6.07, 6.45) is 3.24. The smallest absolute Gasteiger partial charge is 0.201 e. The van der Waals surface area contributed by atoms with Crippen LogP contribution in [0.2, 0.25) is 0 Å². The number of fused-ring (bicyclic) bond motifs is 2. The highest BCUT2D eigenvalue weighted by atomic mass is 17.3. The molecule has 0 aromatic carbocycles. The van der Waals surface area contributed by atoms with Crippen LogP contribution in [0.25, 0.3) is 0 Å². The van der Waals surface area contributed by atoms with E-state index >= 15 is 0 Å². The summed E-state index contributed by atoms with van der Waals surface area (Å²) < 4.78 is 29.4. The molecule has 0 aromatic heterocycles. The fourth-order valence-electron chi connectivity index (χ4n) is 5.67. The van der Waals surface area contributed by atoms with E-state index in [2.05, 4.69) is 13.8 Å². The van der Waals surface area contributed by atoms with Crippen LogP contribution in [0.4, 0.5) is 0 Å². The van der Waals surface area contributed by atoms with Gasteiger partial charge in [0.2, 0.25) is 5.79 Å². The van der Waals surface area contributed by atoms with Gasteiger partial charge in [0.05, 0.1) is 39.6 Å². The van der Waals surface area contributed by atoms with E-state index in [1.165, 1.54) is 6.42 Å². The molecule has 8 atom stereocenters. The van der Waals surface area contributed by atoms with Crippen molar-refractivity contribution in [2.75, 3.05) is 39.6 Å². The fraction of sp³-hybridized carbons (Fsp3) is 1.00. The molecule has 4 heterocycles. The Balaban J connectivity index is 1.36. The summed E-state index contributed by atoms with van der Waals surface area (Å²) in [6, 6.07) is 0. The van der Waals surface area contributed by atoms with Gasteiger partial charge < -0.3 is 28.8 Å². The van der Waals surface area contributed by atoms with Gasteiger partial charge in [-0.25, -0.2) is 9.78 Å². The van der Waals surface area contributed by atoms with Crippen LogP contribution in [-0.2, 0) is 33.5 Å². The van der Waals surface area contributed by atoms with Crippen LogP contribution in [0, 0.1) is 23.7 Å². The molecule has 4 saturated heterocycles. The van der Waals surface area contributed by atoms with Crippen molar-refractivity contribution < 1.29 is 38.6 Å². The largest absolute Gasteiger partial charge is 0.394 e. The van der Waals surface area contributed by atoms with Gasteiger partial charge in [0.25, 0.3) is 0 Å². The van der Waals surface area contributed by atoms with Crippen molar-refractivity contribution in [2.45, 2.75) is 70.4 Å². The first kappa shape index (κ1) is 21.9. The van der Waals surface area contributed by atoms with Gasteiger partial charge in [0.1, 0.15) is 0 Å². The van der Waals surface area contributed by atoms with Crippen molar-refractivity contribution in [3.63, 3.8) is 0 Å². The van der Waals surface area contributed by atoms with Gasteiger partial charge in [0.15, 0.2) is 18.2 Å². The lowest BCUT2D eigenvalue weighted by molar-refractivity contribution is -0.577. The monoisotopic (exact) mass is 416 g/mol. The zero-order valence-electron chi connectivity index (χ0n) is 17.8. The van der Waals surface area contributed by atoms with Crippen LogP contribution < -0.4 is 0 Å². The van der Waals surface area contributed by atoms with Crippen molar-refractivity contribution in [3.05, 3.63) is 0 Å². The summed E-state index contributed by atoms with van der Waals surface area (Å²) in [7, 11) is 0. The number of rotatable bonds is 9. The molecule has 0 radical (unpaired) electrons. The molecule has 5 fully saturated rings. The van der Waals surface area contributed by atoms with E-state index < -0.39 is 17.7 Å². The maximum Gasteiger partial charge on any atom is 0.201 e. The third kappa shape index (κ3) is 4.11. The topological polar surface area (TPSA) is 84.8 Å². The van der Waals surface area contributed by atoms with Gasteiger partial charge >= 0.3 is 0 Å². The van der Waals surface area contributed by atoms with Crippen LogP contribution in [0.15, 0.2) is 0 Å². The Morgan fingerprint density at radius 2 is 1.69 bits per heavy atom. The average Bonchev–Trinajstić information content (AvgIpc) is 2.93. The predicted molar refractivity (Wildman–Crippen MR) is 102 cm³/mol. The second-order valence-corrected chi connectivity index (χ2v) is 9.09. The quantitative estimate of drug-likeness (QED) is 0.453. The Kier molecular flexibility index (Phi) is 6.83. The minimum absolute atomic E-state index is 0.0271. The second kappa shape index (κ2) is 9.04. The number of ether oxygens (including phenoxy) is 5. The van der Waals surface area contributed by atoms with Crippen molar-refractivity contribution >= 4 is 0 Å². The molecule has 0 unspecified atom stereocenters. The SMILES string of the molecule is C[C@H]1[C@@H](OCCOCCOCCO)O[C@@H]2O[C@@]3(C)CC[C@H]4[C@H](C)CC[C@@H]1[C@@]24OO3. The maximum atomic E-state index is 8.68. The van der Waals surface area contributed by atoms with Crippen LogP contribution in [0.5, 0.6) is 0 Å². The molecule has 4 aliphatic heterocycles. The van der Waals surface area contributed by atoms with Gasteiger partial charge in [-0.15, -0.1) is 0 Å². The van der Waals surface area contributed by atoms with E-state index in [0.29, 0.717) is 44.9 Å². The van der Waals surface area contributed by atoms with Crippen LogP contribution >= 0.6 is 0 Å². The molecule has 0 amide bonds.